The maximum atomic E-state index is 14.0. The maximum absolute atomic E-state index is 14.0. The SMILES string of the molecule is Cc1cc(F)ccc1[C@@H]1[C@@H](O[C@H](C)c2cc(C(F)(F)F)cc(C(F)(F)F)c2)OC[C@@H]2CN(c3c[nH]c(=O)[nH]c3=O)C[C@H]21. The van der Waals surface area contributed by atoms with E-state index in [9.17, 15) is 40.3 Å². The van der Waals surface area contributed by atoms with E-state index in [0.717, 1.165) is 0 Å². The molecule has 0 bridgehead atoms. The number of ether oxygens (including phenoxy) is 2. The lowest BCUT2D eigenvalue weighted by atomic mass is 9.76. The van der Waals surface area contributed by atoms with Crippen molar-refractivity contribution in [1.82, 2.24) is 9.97 Å². The number of benzene rings is 2. The number of aryl methyl sites for hydroxylation is 1. The highest BCUT2D eigenvalue weighted by Crippen LogP contribution is 2.46. The molecule has 0 radical (unpaired) electrons. The first-order valence-corrected chi connectivity index (χ1v) is 13.0. The van der Waals surface area contributed by atoms with Crippen molar-refractivity contribution in [3.05, 3.63) is 97.1 Å². The van der Waals surface area contributed by atoms with Crippen molar-refractivity contribution in [3.63, 3.8) is 0 Å². The van der Waals surface area contributed by atoms with Gasteiger partial charge in [-0.2, -0.15) is 26.3 Å². The number of H-pyrrole nitrogens is 2. The lowest BCUT2D eigenvalue weighted by molar-refractivity contribution is -0.217. The van der Waals surface area contributed by atoms with E-state index in [4.69, 9.17) is 9.47 Å². The molecule has 3 heterocycles. The molecule has 3 aromatic rings. The van der Waals surface area contributed by atoms with Crippen LogP contribution in [0.4, 0.5) is 36.4 Å². The minimum absolute atomic E-state index is 0.0498. The topological polar surface area (TPSA) is 87.4 Å². The lowest BCUT2D eigenvalue weighted by Crippen LogP contribution is -2.42. The van der Waals surface area contributed by atoms with Crippen LogP contribution in [0.5, 0.6) is 0 Å². The van der Waals surface area contributed by atoms with Crippen LogP contribution in [-0.2, 0) is 21.8 Å². The highest BCUT2D eigenvalue weighted by molar-refractivity contribution is 5.44. The maximum Gasteiger partial charge on any atom is 0.416 e. The van der Waals surface area contributed by atoms with Crippen molar-refractivity contribution in [1.29, 1.82) is 0 Å². The van der Waals surface area contributed by atoms with Crippen molar-refractivity contribution < 1.29 is 40.2 Å². The van der Waals surface area contributed by atoms with Crippen molar-refractivity contribution in [2.75, 3.05) is 24.6 Å². The molecule has 226 valence electrons. The predicted octanol–water partition coefficient (Wildman–Crippen LogP) is 5.52. The number of hydrogen-bond acceptors (Lipinski definition) is 5. The van der Waals surface area contributed by atoms with Gasteiger partial charge in [0.1, 0.15) is 11.5 Å². The molecule has 2 N–H and O–H groups in total. The molecule has 1 aromatic heterocycles. The van der Waals surface area contributed by atoms with Crippen LogP contribution < -0.4 is 16.1 Å². The van der Waals surface area contributed by atoms with Crippen molar-refractivity contribution in [3.8, 4) is 0 Å². The van der Waals surface area contributed by atoms with Crippen LogP contribution in [0, 0.1) is 24.6 Å². The zero-order valence-corrected chi connectivity index (χ0v) is 22.3. The number of nitrogens with zero attached hydrogens (tertiary/aromatic N) is 1. The molecule has 42 heavy (non-hydrogen) atoms. The molecule has 2 saturated heterocycles. The van der Waals surface area contributed by atoms with Gasteiger partial charge in [-0.15, -0.1) is 0 Å². The molecule has 0 aliphatic carbocycles. The Morgan fingerprint density at radius 2 is 1.67 bits per heavy atom. The third-order valence-corrected chi connectivity index (χ3v) is 7.87. The molecule has 5 atom stereocenters. The third-order valence-electron chi connectivity index (χ3n) is 7.87. The van der Waals surface area contributed by atoms with Gasteiger partial charge in [0.15, 0.2) is 6.29 Å². The van der Waals surface area contributed by atoms with Gasteiger partial charge in [-0.3, -0.25) is 9.78 Å². The second kappa shape index (κ2) is 10.9. The Balaban J connectivity index is 1.50. The molecule has 0 amide bonds. The molecule has 7 nitrogen and oxygen atoms in total. The summed E-state index contributed by atoms with van der Waals surface area (Å²) in [5.74, 6) is -1.54. The van der Waals surface area contributed by atoms with E-state index in [0.29, 0.717) is 36.3 Å². The summed E-state index contributed by atoms with van der Waals surface area (Å²) < 4.78 is 107. The fraction of sp³-hybridized carbons (Fsp3) is 0.429. The molecule has 2 aliphatic heterocycles. The molecule has 0 saturated carbocycles. The van der Waals surface area contributed by atoms with E-state index in [2.05, 4.69) is 9.97 Å². The van der Waals surface area contributed by atoms with Gasteiger partial charge in [-0.25, -0.2) is 9.18 Å². The first-order chi connectivity index (χ1) is 19.6. The minimum atomic E-state index is -5.02. The summed E-state index contributed by atoms with van der Waals surface area (Å²) in [6, 6.07) is 5.38. The van der Waals surface area contributed by atoms with Crippen LogP contribution in [-0.4, -0.2) is 36.0 Å². The van der Waals surface area contributed by atoms with Gasteiger partial charge in [-0.1, -0.05) is 6.07 Å². The largest absolute Gasteiger partial charge is 0.416 e. The van der Waals surface area contributed by atoms with E-state index in [1.807, 2.05) is 0 Å². The van der Waals surface area contributed by atoms with Crippen LogP contribution in [0.15, 0.2) is 52.2 Å². The number of aromatic nitrogens is 2. The summed E-state index contributed by atoms with van der Waals surface area (Å²) in [6.45, 7) is 3.78. The Kier molecular flexibility index (Phi) is 7.73. The summed E-state index contributed by atoms with van der Waals surface area (Å²) in [6.07, 6.45) is -11.1. The molecule has 0 spiro atoms. The highest BCUT2D eigenvalue weighted by Gasteiger charge is 2.48. The van der Waals surface area contributed by atoms with E-state index in [1.54, 1.807) is 17.9 Å². The number of rotatable bonds is 5. The minimum Gasteiger partial charge on any atom is -0.365 e. The summed E-state index contributed by atoms with van der Waals surface area (Å²) >= 11 is 0. The smallest absolute Gasteiger partial charge is 0.365 e. The number of hydrogen-bond donors (Lipinski definition) is 2. The third kappa shape index (κ3) is 5.95. The summed E-state index contributed by atoms with van der Waals surface area (Å²) in [4.78, 5) is 30.3. The summed E-state index contributed by atoms with van der Waals surface area (Å²) in [5.41, 5.74) is -3.15. The van der Waals surface area contributed by atoms with Gasteiger partial charge in [0.25, 0.3) is 5.56 Å². The van der Waals surface area contributed by atoms with Crippen LogP contribution in [0.2, 0.25) is 0 Å². The van der Waals surface area contributed by atoms with E-state index < -0.39 is 58.9 Å². The monoisotopic (exact) mass is 601 g/mol. The van der Waals surface area contributed by atoms with E-state index in [-0.39, 0.29) is 35.8 Å². The molecule has 2 fully saturated rings. The second-order valence-corrected chi connectivity index (χ2v) is 10.6. The molecule has 2 aromatic carbocycles. The Labute approximate surface area is 234 Å². The lowest BCUT2D eigenvalue weighted by Gasteiger charge is -2.41. The van der Waals surface area contributed by atoms with Crippen molar-refractivity contribution >= 4 is 5.69 Å². The average Bonchev–Trinajstić information content (AvgIpc) is 3.32. The number of fused-ring (bicyclic) bond motifs is 1. The van der Waals surface area contributed by atoms with Gasteiger partial charge in [0.2, 0.25) is 0 Å². The Hall–Kier alpha value is -3.65. The molecular formula is C28H26F7N3O4. The first kappa shape index (κ1) is 29.8. The molecule has 2 aliphatic rings. The molecule has 14 heteroatoms. The summed E-state index contributed by atoms with van der Waals surface area (Å²) in [7, 11) is 0. The highest BCUT2D eigenvalue weighted by atomic mass is 19.4. The summed E-state index contributed by atoms with van der Waals surface area (Å²) in [5, 5.41) is 0. The van der Waals surface area contributed by atoms with Crippen molar-refractivity contribution in [2.45, 2.75) is 44.5 Å². The van der Waals surface area contributed by atoms with Crippen LogP contribution in [0.3, 0.4) is 0 Å². The van der Waals surface area contributed by atoms with Gasteiger partial charge < -0.3 is 19.4 Å². The Morgan fingerprint density at radius 1 is 1.00 bits per heavy atom. The number of nitrogens with one attached hydrogen (secondary N) is 2. The van der Waals surface area contributed by atoms with Gasteiger partial charge in [0, 0.05) is 31.1 Å². The number of aromatic amines is 2. The second-order valence-electron chi connectivity index (χ2n) is 10.6. The fourth-order valence-corrected chi connectivity index (χ4v) is 5.85. The Morgan fingerprint density at radius 3 is 2.26 bits per heavy atom. The number of anilines is 1. The number of halogens is 7. The van der Waals surface area contributed by atoms with Crippen LogP contribution >= 0.6 is 0 Å². The van der Waals surface area contributed by atoms with Crippen LogP contribution in [0.1, 0.15) is 46.8 Å². The quantitative estimate of drug-likeness (QED) is 0.377. The van der Waals surface area contributed by atoms with Gasteiger partial charge in [0.05, 0.1) is 23.8 Å². The average molecular weight is 602 g/mol. The van der Waals surface area contributed by atoms with Gasteiger partial charge >= 0.3 is 18.0 Å². The zero-order valence-electron chi connectivity index (χ0n) is 22.3. The standard InChI is InChI=1S/C28H26F7N3O4/c1-13-5-19(29)3-4-20(13)23-21-11-38(22-9-36-26(40)37-24(22)39)10-16(21)12-41-25(23)42-14(2)15-6-17(27(30,31)32)8-18(7-15)28(33,34)35/h3-9,14,16,21,23,25H,10-12H2,1-2H3,(H2,36,37,39,40)/t14-,16+,21-,23+,25-/m1/s1. The number of alkyl halides is 6. The van der Waals surface area contributed by atoms with Gasteiger partial charge in [-0.05, 0) is 66.8 Å². The van der Waals surface area contributed by atoms with E-state index >= 15 is 0 Å². The van der Waals surface area contributed by atoms with Crippen molar-refractivity contribution in [2.24, 2.45) is 11.8 Å². The Bertz CT molecular complexity index is 1550. The van der Waals surface area contributed by atoms with Crippen LogP contribution in [0.25, 0.3) is 0 Å². The first-order valence-electron chi connectivity index (χ1n) is 13.0. The van der Waals surface area contributed by atoms with E-state index in [1.165, 1.54) is 25.3 Å². The fourth-order valence-electron chi connectivity index (χ4n) is 5.85. The molecule has 0 unspecified atom stereocenters. The molecule has 5 rings (SSSR count). The molecular weight excluding hydrogens is 575 g/mol. The zero-order chi connectivity index (χ0) is 30.6. The normalized spacial score (nSPS) is 23.6. The predicted molar refractivity (Wildman–Crippen MR) is 136 cm³/mol.